The van der Waals surface area contributed by atoms with Gasteiger partial charge in [-0.15, -0.1) is 0 Å². The van der Waals surface area contributed by atoms with Gasteiger partial charge in [0.15, 0.2) is 0 Å². The van der Waals surface area contributed by atoms with E-state index >= 15 is 0 Å². The molecule has 5 heteroatoms. The average Bonchev–Trinajstić information content (AvgIpc) is 2.80. The van der Waals surface area contributed by atoms with Crippen molar-refractivity contribution in [3.8, 4) is 0 Å². The standard InChI is InChI=1S/C14H22N4O/c1-10(19)9-18(3)14-8-13(15-11(2)16-14)17-12-6-4-5-7-12/h8,12H,4-7,9H2,1-3H3,(H,15,16,17). The summed E-state index contributed by atoms with van der Waals surface area (Å²) < 4.78 is 0. The first-order valence-corrected chi connectivity index (χ1v) is 6.87. The number of ketones is 1. The van der Waals surface area contributed by atoms with Gasteiger partial charge in [0.05, 0.1) is 6.54 Å². The smallest absolute Gasteiger partial charge is 0.149 e. The highest BCUT2D eigenvalue weighted by molar-refractivity contribution is 5.80. The number of hydrogen-bond acceptors (Lipinski definition) is 5. The van der Waals surface area contributed by atoms with Crippen molar-refractivity contribution < 1.29 is 4.79 Å². The number of Topliss-reactive ketones (excluding diaryl/α,β-unsaturated/α-hetero) is 1. The predicted molar refractivity (Wildman–Crippen MR) is 76.6 cm³/mol. The van der Waals surface area contributed by atoms with Crippen LogP contribution in [0.1, 0.15) is 38.4 Å². The Bertz CT molecular complexity index is 455. The molecule has 1 N–H and O–H groups in total. The van der Waals surface area contributed by atoms with E-state index in [0.717, 1.165) is 17.5 Å². The molecule has 1 aromatic rings. The number of rotatable bonds is 5. The monoisotopic (exact) mass is 262 g/mol. The summed E-state index contributed by atoms with van der Waals surface area (Å²) >= 11 is 0. The molecule has 0 atom stereocenters. The first-order valence-electron chi connectivity index (χ1n) is 6.87. The van der Waals surface area contributed by atoms with E-state index in [1.807, 2.05) is 24.9 Å². The van der Waals surface area contributed by atoms with Crippen LogP contribution < -0.4 is 10.2 Å². The lowest BCUT2D eigenvalue weighted by Crippen LogP contribution is -2.25. The van der Waals surface area contributed by atoms with Gasteiger partial charge in [-0.25, -0.2) is 9.97 Å². The van der Waals surface area contributed by atoms with Crippen LogP contribution in [0.2, 0.25) is 0 Å². The number of nitrogens with zero attached hydrogens (tertiary/aromatic N) is 3. The second-order valence-corrected chi connectivity index (χ2v) is 5.34. The van der Waals surface area contributed by atoms with E-state index < -0.39 is 0 Å². The zero-order valence-electron chi connectivity index (χ0n) is 11.9. The fourth-order valence-electron chi connectivity index (χ4n) is 2.52. The zero-order chi connectivity index (χ0) is 13.8. The normalized spacial score (nSPS) is 15.5. The summed E-state index contributed by atoms with van der Waals surface area (Å²) in [4.78, 5) is 21.8. The topological polar surface area (TPSA) is 58.1 Å². The molecule has 1 aliphatic carbocycles. The molecule has 0 spiro atoms. The van der Waals surface area contributed by atoms with Crippen LogP contribution >= 0.6 is 0 Å². The van der Waals surface area contributed by atoms with E-state index in [0.29, 0.717) is 12.6 Å². The Labute approximate surface area is 114 Å². The SMILES string of the molecule is CC(=O)CN(C)c1cc(NC2CCCC2)nc(C)n1. The number of anilines is 2. The van der Waals surface area contributed by atoms with E-state index in [9.17, 15) is 4.79 Å². The number of likely N-dealkylation sites (N-methyl/N-ethyl adjacent to an activating group) is 1. The third-order valence-corrected chi connectivity index (χ3v) is 3.38. The number of nitrogens with one attached hydrogen (secondary N) is 1. The molecule has 1 heterocycles. The zero-order valence-corrected chi connectivity index (χ0v) is 11.9. The molecular formula is C14H22N4O. The summed E-state index contributed by atoms with van der Waals surface area (Å²) in [6.45, 7) is 3.84. The van der Waals surface area contributed by atoms with Gasteiger partial charge in [0.2, 0.25) is 0 Å². The van der Waals surface area contributed by atoms with E-state index in [1.165, 1.54) is 25.7 Å². The number of aryl methyl sites for hydroxylation is 1. The van der Waals surface area contributed by atoms with Crippen molar-refractivity contribution in [1.29, 1.82) is 0 Å². The molecule has 0 aliphatic heterocycles. The summed E-state index contributed by atoms with van der Waals surface area (Å²) in [6, 6.07) is 2.45. The minimum atomic E-state index is 0.129. The lowest BCUT2D eigenvalue weighted by molar-refractivity contribution is -0.115. The van der Waals surface area contributed by atoms with Gasteiger partial charge in [0, 0.05) is 19.2 Å². The van der Waals surface area contributed by atoms with E-state index in [4.69, 9.17) is 0 Å². The summed E-state index contributed by atoms with van der Waals surface area (Å²) in [5.74, 6) is 2.52. The fraction of sp³-hybridized carbons (Fsp3) is 0.643. The average molecular weight is 262 g/mol. The first-order chi connectivity index (χ1) is 9.04. The van der Waals surface area contributed by atoms with Crippen LogP contribution in [0.25, 0.3) is 0 Å². The molecule has 0 bridgehead atoms. The first kappa shape index (κ1) is 13.8. The molecule has 5 nitrogen and oxygen atoms in total. The van der Waals surface area contributed by atoms with E-state index in [2.05, 4.69) is 15.3 Å². The van der Waals surface area contributed by atoms with E-state index in [1.54, 1.807) is 6.92 Å². The molecule has 0 saturated heterocycles. The second-order valence-electron chi connectivity index (χ2n) is 5.34. The molecule has 104 valence electrons. The molecule has 1 aromatic heterocycles. The maximum Gasteiger partial charge on any atom is 0.149 e. The summed E-state index contributed by atoms with van der Waals surface area (Å²) in [5, 5.41) is 3.47. The van der Waals surface area contributed by atoms with Gasteiger partial charge in [-0.3, -0.25) is 4.79 Å². The Kier molecular flexibility index (Phi) is 4.35. The van der Waals surface area contributed by atoms with E-state index in [-0.39, 0.29) is 5.78 Å². The maximum atomic E-state index is 11.2. The molecule has 1 fully saturated rings. The van der Waals surface area contributed by atoms with Crippen LogP contribution in [0, 0.1) is 6.92 Å². The number of carbonyl (C=O) groups is 1. The molecule has 0 unspecified atom stereocenters. The molecule has 0 aromatic carbocycles. The minimum absolute atomic E-state index is 0.129. The number of aromatic nitrogens is 2. The van der Waals surface area contributed by atoms with Gasteiger partial charge in [-0.1, -0.05) is 12.8 Å². The summed E-state index contributed by atoms with van der Waals surface area (Å²) in [7, 11) is 1.88. The highest BCUT2D eigenvalue weighted by Crippen LogP contribution is 2.23. The maximum absolute atomic E-state index is 11.2. The van der Waals surface area contributed by atoms with Crippen molar-refractivity contribution in [2.75, 3.05) is 23.8 Å². The fourth-order valence-corrected chi connectivity index (χ4v) is 2.52. The summed E-state index contributed by atoms with van der Waals surface area (Å²) in [5.41, 5.74) is 0. The number of hydrogen-bond donors (Lipinski definition) is 1. The second kappa shape index (κ2) is 5.99. The van der Waals surface area contributed by atoms with Crippen LogP contribution in [0.4, 0.5) is 11.6 Å². The van der Waals surface area contributed by atoms with Crippen LogP contribution in [0.15, 0.2) is 6.07 Å². The Morgan fingerprint density at radius 1 is 1.42 bits per heavy atom. The minimum Gasteiger partial charge on any atom is -0.367 e. The van der Waals surface area contributed by atoms with Crippen molar-refractivity contribution in [2.45, 2.75) is 45.6 Å². The van der Waals surface area contributed by atoms with Gasteiger partial charge in [-0.2, -0.15) is 0 Å². The Hall–Kier alpha value is -1.65. The highest BCUT2D eigenvalue weighted by Gasteiger charge is 2.16. The van der Waals surface area contributed by atoms with Crippen LogP contribution in [0.5, 0.6) is 0 Å². The highest BCUT2D eigenvalue weighted by atomic mass is 16.1. The molecule has 1 saturated carbocycles. The molecule has 19 heavy (non-hydrogen) atoms. The molecule has 2 rings (SSSR count). The third-order valence-electron chi connectivity index (χ3n) is 3.38. The van der Waals surface area contributed by atoms with Crippen molar-refractivity contribution in [3.63, 3.8) is 0 Å². The van der Waals surface area contributed by atoms with Crippen molar-refractivity contribution in [3.05, 3.63) is 11.9 Å². The van der Waals surface area contributed by atoms with Crippen molar-refractivity contribution in [1.82, 2.24) is 9.97 Å². The van der Waals surface area contributed by atoms with Crippen molar-refractivity contribution in [2.24, 2.45) is 0 Å². The lowest BCUT2D eigenvalue weighted by Gasteiger charge is -2.19. The largest absolute Gasteiger partial charge is 0.367 e. The lowest BCUT2D eigenvalue weighted by atomic mass is 10.2. The van der Waals surface area contributed by atoms with Gasteiger partial charge in [0.25, 0.3) is 0 Å². The Morgan fingerprint density at radius 3 is 2.74 bits per heavy atom. The van der Waals surface area contributed by atoms with Crippen molar-refractivity contribution >= 4 is 17.4 Å². The Morgan fingerprint density at radius 2 is 2.11 bits per heavy atom. The molecule has 0 radical (unpaired) electrons. The molecule has 1 aliphatic rings. The quantitative estimate of drug-likeness (QED) is 0.881. The molecular weight excluding hydrogens is 240 g/mol. The van der Waals surface area contributed by atoms with Gasteiger partial charge in [0.1, 0.15) is 23.2 Å². The third kappa shape index (κ3) is 3.91. The van der Waals surface area contributed by atoms with Gasteiger partial charge >= 0.3 is 0 Å². The summed E-state index contributed by atoms with van der Waals surface area (Å²) in [6.07, 6.45) is 5.00. The Balaban J connectivity index is 2.11. The van der Waals surface area contributed by atoms with Crippen LogP contribution in [0.3, 0.4) is 0 Å². The number of carbonyl (C=O) groups excluding carboxylic acids is 1. The molecule has 0 amide bonds. The van der Waals surface area contributed by atoms with Gasteiger partial charge < -0.3 is 10.2 Å². The van der Waals surface area contributed by atoms with Crippen LogP contribution in [-0.4, -0.2) is 35.4 Å². The predicted octanol–water partition coefficient (Wildman–Crippen LogP) is 2.16. The van der Waals surface area contributed by atoms with Crippen LogP contribution in [-0.2, 0) is 4.79 Å². The van der Waals surface area contributed by atoms with Gasteiger partial charge in [-0.05, 0) is 26.7 Å².